The molecule has 4 rings (SSSR count). The monoisotopic (exact) mass is 382 g/mol. The summed E-state index contributed by atoms with van der Waals surface area (Å²) in [5, 5.41) is 11.4. The van der Waals surface area contributed by atoms with E-state index in [0.717, 1.165) is 22.3 Å². The van der Waals surface area contributed by atoms with E-state index in [1.165, 1.54) is 5.56 Å². The zero-order valence-electron chi connectivity index (χ0n) is 14.5. The summed E-state index contributed by atoms with van der Waals surface area (Å²) < 4.78 is 8.07. The minimum Gasteiger partial charge on any atom is -0.419 e. The standard InChI is InChI=1S/C19H18N4OS2/c1-3-23-15(14-8-5-4-6-9-14)12-20-19(23)26-13(2)17-21-22-18(24-17)16-10-7-11-25-16/h4-13H,3H2,1-2H3/t13-/m0/s1. The van der Waals surface area contributed by atoms with Crippen LogP contribution in [0, 0.1) is 0 Å². The number of hydrogen-bond acceptors (Lipinski definition) is 6. The van der Waals surface area contributed by atoms with Crippen LogP contribution in [0.3, 0.4) is 0 Å². The van der Waals surface area contributed by atoms with Gasteiger partial charge in [-0.25, -0.2) is 4.98 Å². The molecule has 7 heteroatoms. The second-order valence-electron chi connectivity index (χ2n) is 5.72. The van der Waals surface area contributed by atoms with Gasteiger partial charge in [-0.3, -0.25) is 0 Å². The molecule has 0 bridgehead atoms. The lowest BCUT2D eigenvalue weighted by molar-refractivity contribution is 0.509. The second kappa shape index (κ2) is 7.47. The molecule has 132 valence electrons. The number of imidazole rings is 1. The topological polar surface area (TPSA) is 56.7 Å². The summed E-state index contributed by atoms with van der Waals surface area (Å²) in [4.78, 5) is 5.61. The minimum atomic E-state index is 0.0209. The highest BCUT2D eigenvalue weighted by molar-refractivity contribution is 7.99. The number of benzene rings is 1. The first-order valence-electron chi connectivity index (χ1n) is 8.41. The van der Waals surface area contributed by atoms with Crippen LogP contribution in [0.5, 0.6) is 0 Å². The Morgan fingerprint density at radius 1 is 1.15 bits per heavy atom. The maximum Gasteiger partial charge on any atom is 0.257 e. The molecule has 4 aromatic rings. The van der Waals surface area contributed by atoms with Crippen molar-refractivity contribution in [3.05, 3.63) is 59.9 Å². The van der Waals surface area contributed by atoms with Gasteiger partial charge in [-0.1, -0.05) is 48.2 Å². The second-order valence-corrected chi connectivity index (χ2v) is 7.97. The molecule has 0 saturated heterocycles. The third-order valence-electron chi connectivity index (χ3n) is 4.01. The van der Waals surface area contributed by atoms with Crippen molar-refractivity contribution in [1.82, 2.24) is 19.7 Å². The van der Waals surface area contributed by atoms with Crippen molar-refractivity contribution in [1.29, 1.82) is 0 Å². The smallest absolute Gasteiger partial charge is 0.257 e. The SMILES string of the molecule is CCn1c(-c2ccccc2)cnc1S[C@@H](C)c1nnc(-c2cccs2)o1. The predicted octanol–water partition coefficient (Wildman–Crippen LogP) is 5.53. The molecule has 26 heavy (non-hydrogen) atoms. The van der Waals surface area contributed by atoms with Crippen molar-refractivity contribution in [2.24, 2.45) is 0 Å². The molecule has 0 aliphatic carbocycles. The van der Waals surface area contributed by atoms with Crippen LogP contribution in [0.25, 0.3) is 22.0 Å². The maximum atomic E-state index is 5.86. The van der Waals surface area contributed by atoms with Gasteiger partial charge in [0, 0.05) is 6.54 Å². The van der Waals surface area contributed by atoms with Crippen molar-refractivity contribution in [2.45, 2.75) is 30.8 Å². The molecule has 0 aliphatic heterocycles. The Hall–Kier alpha value is -2.38. The molecule has 1 atom stereocenters. The van der Waals surface area contributed by atoms with Crippen molar-refractivity contribution >= 4 is 23.1 Å². The molecule has 0 unspecified atom stereocenters. The summed E-state index contributed by atoms with van der Waals surface area (Å²) in [7, 11) is 0. The Kier molecular flexibility index (Phi) is 4.90. The first kappa shape index (κ1) is 17.1. The number of nitrogens with zero attached hydrogens (tertiary/aromatic N) is 4. The number of thioether (sulfide) groups is 1. The molecule has 5 nitrogen and oxygen atoms in total. The molecule has 3 aromatic heterocycles. The normalized spacial score (nSPS) is 12.4. The van der Waals surface area contributed by atoms with Gasteiger partial charge >= 0.3 is 0 Å². The molecular formula is C19H18N4OS2. The molecule has 0 radical (unpaired) electrons. The van der Waals surface area contributed by atoms with E-state index in [9.17, 15) is 0 Å². The number of aromatic nitrogens is 4. The largest absolute Gasteiger partial charge is 0.419 e. The molecule has 0 aliphatic rings. The van der Waals surface area contributed by atoms with Gasteiger partial charge in [0.1, 0.15) is 0 Å². The van der Waals surface area contributed by atoms with Crippen LogP contribution < -0.4 is 0 Å². The van der Waals surface area contributed by atoms with E-state index in [-0.39, 0.29) is 5.25 Å². The van der Waals surface area contributed by atoms with E-state index in [2.05, 4.69) is 45.7 Å². The number of thiophene rings is 1. The van der Waals surface area contributed by atoms with Crippen LogP contribution in [0.1, 0.15) is 25.0 Å². The van der Waals surface area contributed by atoms with Gasteiger partial charge in [0.25, 0.3) is 5.89 Å². The van der Waals surface area contributed by atoms with Gasteiger partial charge in [-0.15, -0.1) is 21.5 Å². The highest BCUT2D eigenvalue weighted by Gasteiger charge is 2.20. The predicted molar refractivity (Wildman–Crippen MR) is 105 cm³/mol. The number of rotatable bonds is 6. The van der Waals surface area contributed by atoms with Gasteiger partial charge in [0.2, 0.25) is 5.89 Å². The van der Waals surface area contributed by atoms with Crippen molar-refractivity contribution in [3.8, 4) is 22.0 Å². The lowest BCUT2D eigenvalue weighted by Gasteiger charge is -2.11. The molecular weight excluding hydrogens is 364 g/mol. The highest BCUT2D eigenvalue weighted by atomic mass is 32.2. The van der Waals surface area contributed by atoms with Crippen molar-refractivity contribution < 1.29 is 4.42 Å². The van der Waals surface area contributed by atoms with Gasteiger partial charge in [0.05, 0.1) is 22.0 Å². The fourth-order valence-corrected chi connectivity index (χ4v) is 4.33. The average molecular weight is 383 g/mol. The molecule has 0 spiro atoms. The van der Waals surface area contributed by atoms with E-state index in [1.807, 2.05) is 41.9 Å². The Balaban J connectivity index is 1.57. The van der Waals surface area contributed by atoms with Crippen LogP contribution in [0.4, 0.5) is 0 Å². The zero-order valence-corrected chi connectivity index (χ0v) is 16.1. The van der Waals surface area contributed by atoms with E-state index >= 15 is 0 Å². The van der Waals surface area contributed by atoms with Gasteiger partial charge in [0.15, 0.2) is 5.16 Å². The van der Waals surface area contributed by atoms with Crippen LogP contribution in [-0.2, 0) is 6.54 Å². The molecule has 0 N–H and O–H groups in total. The third kappa shape index (κ3) is 3.32. The fraction of sp³-hybridized carbons (Fsp3) is 0.211. The lowest BCUT2D eigenvalue weighted by Crippen LogP contribution is -2.00. The van der Waals surface area contributed by atoms with Crippen LogP contribution >= 0.6 is 23.1 Å². The lowest BCUT2D eigenvalue weighted by atomic mass is 10.2. The van der Waals surface area contributed by atoms with Crippen LogP contribution in [0.2, 0.25) is 0 Å². The fourth-order valence-electron chi connectivity index (χ4n) is 2.70. The van der Waals surface area contributed by atoms with E-state index in [1.54, 1.807) is 23.1 Å². The summed E-state index contributed by atoms with van der Waals surface area (Å²) >= 11 is 3.23. The molecule has 0 fully saturated rings. The van der Waals surface area contributed by atoms with E-state index in [4.69, 9.17) is 4.42 Å². The van der Waals surface area contributed by atoms with Crippen LogP contribution in [-0.4, -0.2) is 19.7 Å². The molecule has 3 heterocycles. The average Bonchev–Trinajstić information content (AvgIpc) is 3.42. The van der Waals surface area contributed by atoms with E-state index < -0.39 is 0 Å². The Bertz CT molecular complexity index is 976. The van der Waals surface area contributed by atoms with Gasteiger partial charge in [-0.2, -0.15) is 0 Å². The quantitative estimate of drug-likeness (QED) is 0.410. The number of hydrogen-bond donors (Lipinski definition) is 0. The first-order valence-corrected chi connectivity index (χ1v) is 10.2. The van der Waals surface area contributed by atoms with Gasteiger partial charge in [-0.05, 0) is 30.9 Å². The Morgan fingerprint density at radius 3 is 2.73 bits per heavy atom. The van der Waals surface area contributed by atoms with Crippen molar-refractivity contribution in [3.63, 3.8) is 0 Å². The summed E-state index contributed by atoms with van der Waals surface area (Å²) in [6.45, 7) is 5.04. The van der Waals surface area contributed by atoms with Gasteiger partial charge < -0.3 is 8.98 Å². The van der Waals surface area contributed by atoms with Crippen molar-refractivity contribution in [2.75, 3.05) is 0 Å². The van der Waals surface area contributed by atoms with Crippen LogP contribution in [0.15, 0.2) is 63.6 Å². The summed E-state index contributed by atoms with van der Waals surface area (Å²) in [5.74, 6) is 1.19. The zero-order chi connectivity index (χ0) is 17.9. The maximum absolute atomic E-state index is 5.86. The summed E-state index contributed by atoms with van der Waals surface area (Å²) in [6, 6.07) is 14.3. The molecule has 0 amide bonds. The molecule has 1 aromatic carbocycles. The summed E-state index contributed by atoms with van der Waals surface area (Å²) in [6.07, 6.45) is 1.93. The Labute approximate surface area is 160 Å². The summed E-state index contributed by atoms with van der Waals surface area (Å²) in [5.41, 5.74) is 2.28. The first-order chi connectivity index (χ1) is 12.8. The molecule has 0 saturated carbocycles. The highest BCUT2D eigenvalue weighted by Crippen LogP contribution is 2.36. The van der Waals surface area contributed by atoms with E-state index in [0.29, 0.717) is 11.8 Å². The Morgan fingerprint density at radius 2 is 2.00 bits per heavy atom. The third-order valence-corrected chi connectivity index (χ3v) is 5.96. The minimum absolute atomic E-state index is 0.0209.